The van der Waals surface area contributed by atoms with Crippen molar-refractivity contribution < 1.29 is 71.4 Å². The number of esters is 2. The van der Waals surface area contributed by atoms with Gasteiger partial charge in [0.1, 0.15) is 30.7 Å². The Morgan fingerprint density at radius 1 is 0.785 bits per heavy atom. The minimum Gasteiger partial charge on any atom is -0.462 e. The summed E-state index contributed by atoms with van der Waals surface area (Å²) < 4.78 is 56.4. The lowest BCUT2D eigenvalue weighted by Gasteiger charge is -2.21. The number of anilines is 1. The van der Waals surface area contributed by atoms with Gasteiger partial charge in [0.15, 0.2) is 12.3 Å². The zero-order valence-electron chi connectivity index (χ0n) is 37.9. The number of aromatic nitrogens is 2. The fraction of sp³-hybridized carbons (Fsp3) is 0.682. The van der Waals surface area contributed by atoms with Crippen LogP contribution in [0.15, 0.2) is 65.7 Å². The molecule has 0 spiro atoms. The average molecular weight is 962 g/mol. The number of allylic oxidation sites excluding steroid dienone is 8. The van der Waals surface area contributed by atoms with E-state index in [9.17, 15) is 43.5 Å². The molecule has 370 valence electrons. The van der Waals surface area contributed by atoms with Crippen molar-refractivity contribution in [2.24, 2.45) is 5.92 Å². The first-order chi connectivity index (χ1) is 31.0. The molecule has 2 heterocycles. The van der Waals surface area contributed by atoms with Gasteiger partial charge < -0.3 is 45.1 Å². The smallest absolute Gasteiger partial charge is 0.462 e. The molecule has 19 nitrogen and oxygen atoms in total. The largest absolute Gasteiger partial charge is 0.481 e. The Kier molecular flexibility index (Phi) is 29.5. The molecule has 0 aliphatic carbocycles. The summed E-state index contributed by atoms with van der Waals surface area (Å²) in [5.41, 5.74) is 4.57. The summed E-state index contributed by atoms with van der Waals surface area (Å²) in [6.45, 7) is 2.26. The van der Waals surface area contributed by atoms with Crippen molar-refractivity contribution in [3.8, 4) is 0 Å². The summed E-state index contributed by atoms with van der Waals surface area (Å²) in [5.74, 6) is -0.727. The molecule has 1 aromatic rings. The van der Waals surface area contributed by atoms with Gasteiger partial charge in [0.2, 0.25) is 0 Å². The highest BCUT2D eigenvalue weighted by atomic mass is 31.3. The highest BCUT2D eigenvalue weighted by Gasteiger charge is 2.46. The maximum atomic E-state index is 12.8. The number of aliphatic hydroxyl groups excluding tert-OH is 3. The average Bonchev–Trinajstić information content (AvgIpc) is 3.52. The molecule has 65 heavy (non-hydrogen) atoms. The third kappa shape index (κ3) is 27.2. The quantitative estimate of drug-likeness (QED) is 0.0170. The van der Waals surface area contributed by atoms with Crippen molar-refractivity contribution in [1.82, 2.24) is 9.55 Å². The van der Waals surface area contributed by atoms with Crippen molar-refractivity contribution in [2.75, 3.05) is 32.2 Å². The SMILES string of the molecule is CC(C)CCCCCCCCC(=O)OC[C@H](COP(=O)(O)OP(=O)(O)OC[C@H]1O[C@@H](n2ccc(N)nc2=O)[C@H](O)[C@@H]1O)OC(=O)CCC/C=C\C/C=C\C/C=C\C/C=C\CCCCCO. The van der Waals surface area contributed by atoms with Crippen molar-refractivity contribution in [2.45, 2.75) is 160 Å². The summed E-state index contributed by atoms with van der Waals surface area (Å²) in [7, 11) is -10.9. The van der Waals surface area contributed by atoms with Crippen molar-refractivity contribution in [1.29, 1.82) is 0 Å². The molecule has 1 aliphatic rings. The molecule has 1 aliphatic heterocycles. The number of unbranched alkanes of at least 4 members (excludes halogenated alkanes) is 9. The zero-order chi connectivity index (χ0) is 47.9. The molecule has 7 N–H and O–H groups in total. The van der Waals surface area contributed by atoms with E-state index in [1.807, 2.05) is 18.2 Å². The third-order valence-electron chi connectivity index (χ3n) is 9.90. The molecule has 2 rings (SSSR count). The number of hydrogen-bond donors (Lipinski definition) is 6. The predicted molar refractivity (Wildman–Crippen MR) is 244 cm³/mol. The van der Waals surface area contributed by atoms with Crippen LogP contribution in [0.3, 0.4) is 0 Å². The lowest BCUT2D eigenvalue weighted by molar-refractivity contribution is -0.161. The maximum absolute atomic E-state index is 12.8. The van der Waals surface area contributed by atoms with Gasteiger partial charge in [-0.15, -0.1) is 0 Å². The van der Waals surface area contributed by atoms with Crippen LogP contribution in [-0.4, -0.2) is 97.4 Å². The van der Waals surface area contributed by atoms with Crippen molar-refractivity contribution >= 4 is 33.4 Å². The number of carbonyl (C=O) groups is 2. The van der Waals surface area contributed by atoms with Crippen LogP contribution < -0.4 is 11.4 Å². The topological polar surface area (TPSA) is 286 Å². The number of phosphoric acid groups is 2. The van der Waals surface area contributed by atoms with E-state index in [1.54, 1.807) is 0 Å². The van der Waals surface area contributed by atoms with Crippen molar-refractivity contribution in [3.05, 3.63) is 71.4 Å². The zero-order valence-corrected chi connectivity index (χ0v) is 39.7. The summed E-state index contributed by atoms with van der Waals surface area (Å²) in [4.78, 5) is 61.5. The molecule has 0 saturated carbocycles. The molecule has 0 amide bonds. The normalized spacial score (nSPS) is 20.3. The maximum Gasteiger partial charge on any atom is 0.481 e. The second-order valence-corrected chi connectivity index (χ2v) is 19.1. The number of nitrogens with two attached hydrogens (primary N) is 1. The van der Waals surface area contributed by atoms with E-state index in [2.05, 4.69) is 53.5 Å². The van der Waals surface area contributed by atoms with Gasteiger partial charge >= 0.3 is 33.3 Å². The minimum atomic E-state index is -5.43. The van der Waals surface area contributed by atoms with Crippen LogP contribution in [-0.2, 0) is 46.3 Å². The van der Waals surface area contributed by atoms with Gasteiger partial charge in [-0.2, -0.15) is 9.29 Å². The van der Waals surface area contributed by atoms with Gasteiger partial charge in [0, 0.05) is 25.6 Å². The summed E-state index contributed by atoms with van der Waals surface area (Å²) >= 11 is 0. The van der Waals surface area contributed by atoms with E-state index in [0.717, 1.165) is 87.8 Å². The van der Waals surface area contributed by atoms with Crippen LogP contribution in [0.1, 0.15) is 136 Å². The van der Waals surface area contributed by atoms with Gasteiger partial charge in [0.05, 0.1) is 13.2 Å². The molecule has 1 aromatic heterocycles. The van der Waals surface area contributed by atoms with Gasteiger partial charge in [0.25, 0.3) is 0 Å². The van der Waals surface area contributed by atoms with Crippen LogP contribution in [0.25, 0.3) is 0 Å². The number of nitrogen functional groups attached to an aromatic ring is 1. The number of phosphoric ester groups is 2. The molecular weight excluding hydrogens is 888 g/mol. The van der Waals surface area contributed by atoms with Crippen LogP contribution in [0, 0.1) is 5.92 Å². The predicted octanol–water partition coefficient (Wildman–Crippen LogP) is 7.05. The molecule has 1 saturated heterocycles. The van der Waals surface area contributed by atoms with E-state index in [4.69, 9.17) is 34.1 Å². The van der Waals surface area contributed by atoms with Gasteiger partial charge in [-0.1, -0.05) is 107 Å². The lowest BCUT2D eigenvalue weighted by Crippen LogP contribution is -2.36. The minimum absolute atomic E-state index is 0.0369. The Balaban J connectivity index is 1.85. The van der Waals surface area contributed by atoms with E-state index < -0.39 is 83.7 Å². The summed E-state index contributed by atoms with van der Waals surface area (Å²) in [6.07, 6.45) is 24.2. The van der Waals surface area contributed by atoms with Crippen LogP contribution >= 0.6 is 15.6 Å². The first-order valence-electron chi connectivity index (χ1n) is 22.6. The molecule has 7 atom stereocenters. The Labute approximate surface area is 382 Å². The van der Waals surface area contributed by atoms with Crippen molar-refractivity contribution in [3.63, 3.8) is 0 Å². The number of aliphatic hydroxyl groups is 3. The first kappa shape index (κ1) is 57.8. The fourth-order valence-corrected chi connectivity index (χ4v) is 8.46. The Bertz CT molecular complexity index is 1790. The second kappa shape index (κ2) is 33.2. The van der Waals surface area contributed by atoms with E-state index in [0.29, 0.717) is 25.2 Å². The fourth-order valence-electron chi connectivity index (χ4n) is 6.35. The van der Waals surface area contributed by atoms with Gasteiger partial charge in [-0.3, -0.25) is 23.2 Å². The highest BCUT2D eigenvalue weighted by molar-refractivity contribution is 7.61. The Morgan fingerprint density at radius 2 is 1.35 bits per heavy atom. The first-order valence-corrected chi connectivity index (χ1v) is 25.6. The van der Waals surface area contributed by atoms with Gasteiger partial charge in [-0.25, -0.2) is 13.9 Å². The second-order valence-electron chi connectivity index (χ2n) is 16.1. The lowest BCUT2D eigenvalue weighted by atomic mass is 10.0. The molecule has 0 bridgehead atoms. The van der Waals surface area contributed by atoms with Crippen LogP contribution in [0.5, 0.6) is 0 Å². The number of nitrogens with zero attached hydrogens (tertiary/aromatic N) is 2. The molecule has 0 aromatic carbocycles. The molecule has 1 fully saturated rings. The number of carbonyl (C=O) groups excluding carboxylic acids is 2. The van der Waals surface area contributed by atoms with E-state index >= 15 is 0 Å². The number of ether oxygens (including phenoxy) is 3. The number of hydrogen-bond acceptors (Lipinski definition) is 16. The summed E-state index contributed by atoms with van der Waals surface area (Å²) in [5, 5.41) is 29.7. The molecule has 21 heteroatoms. The standard InChI is InChI=1S/C44H73N3O16P2/c1-35(2)26-22-18-15-16-19-23-27-39(49)58-32-36(61-40(50)28-24-20-14-12-10-8-6-4-3-5-7-9-11-13-17-21-25-31-48)33-59-64(54,55)63-65(56,57)60-34-37-41(51)42(52)43(62-37)47-30-29-38(45)46-44(47)53/h3,5-6,8-9,11-12,14,29-30,35-37,41-43,48,51-52H,4,7,10,13,15-28,31-34H2,1-2H3,(H,54,55)(H,56,57)(H2,45,46,53)/b5-3-,8-6-,11-9-,14-12-/t36-,37-,41-,42-,43-/m1/s1. The molecule has 2 unspecified atom stereocenters. The third-order valence-corrected chi connectivity index (χ3v) is 12.5. The van der Waals surface area contributed by atoms with Crippen LogP contribution in [0.2, 0.25) is 0 Å². The van der Waals surface area contributed by atoms with Gasteiger partial charge in [-0.05, 0) is 69.8 Å². The molecular formula is C44H73N3O16P2. The summed E-state index contributed by atoms with van der Waals surface area (Å²) in [6, 6.07) is 1.24. The molecule has 0 radical (unpaired) electrons. The Hall–Kier alpha value is -3.32. The van der Waals surface area contributed by atoms with E-state index in [1.165, 1.54) is 12.5 Å². The number of rotatable bonds is 36. The van der Waals surface area contributed by atoms with Crippen LogP contribution in [0.4, 0.5) is 5.82 Å². The highest BCUT2D eigenvalue weighted by Crippen LogP contribution is 2.60. The Morgan fingerprint density at radius 3 is 1.98 bits per heavy atom. The van der Waals surface area contributed by atoms with E-state index in [-0.39, 0.29) is 25.3 Å². The monoisotopic (exact) mass is 961 g/mol.